The minimum atomic E-state index is 0.107. The zero-order valence-electron chi connectivity index (χ0n) is 13.4. The molecule has 0 amide bonds. The number of benzene rings is 1. The van der Waals surface area contributed by atoms with Gasteiger partial charge < -0.3 is 10.1 Å². The fourth-order valence-electron chi connectivity index (χ4n) is 2.38. The third-order valence-corrected chi connectivity index (χ3v) is 3.64. The summed E-state index contributed by atoms with van der Waals surface area (Å²) in [5.74, 6) is 1.51. The van der Waals surface area contributed by atoms with Crippen LogP contribution in [-0.4, -0.2) is 27.1 Å². The van der Waals surface area contributed by atoms with Gasteiger partial charge in [-0.15, -0.1) is 10.2 Å². The Morgan fingerprint density at radius 1 is 1.13 bits per heavy atom. The van der Waals surface area contributed by atoms with Gasteiger partial charge in [-0.3, -0.25) is 4.68 Å². The fourth-order valence-corrected chi connectivity index (χ4v) is 2.38. The Balaban J connectivity index is 1.77. The molecule has 3 aromatic rings. The minimum absolute atomic E-state index is 0.107. The van der Waals surface area contributed by atoms with Crippen molar-refractivity contribution in [3.8, 4) is 17.0 Å². The summed E-state index contributed by atoms with van der Waals surface area (Å²) in [5.41, 5.74) is 2.81. The second-order valence-corrected chi connectivity index (χ2v) is 5.32. The van der Waals surface area contributed by atoms with Crippen molar-refractivity contribution in [3.05, 3.63) is 54.4 Å². The Hall–Kier alpha value is -2.89. The number of rotatable bonds is 5. The van der Waals surface area contributed by atoms with E-state index in [9.17, 15) is 0 Å². The van der Waals surface area contributed by atoms with Crippen LogP contribution in [-0.2, 0) is 7.05 Å². The van der Waals surface area contributed by atoms with Crippen LogP contribution in [0.3, 0.4) is 0 Å². The molecule has 118 valence electrons. The Bertz CT molecular complexity index is 782. The highest BCUT2D eigenvalue weighted by Gasteiger charge is 2.10. The highest BCUT2D eigenvalue weighted by molar-refractivity contribution is 5.67. The molecule has 6 nitrogen and oxygen atoms in total. The SMILES string of the molecule is COc1ccccc1-c1ccc(NC(C)c2cnn(C)c2)nn1. The number of hydrogen-bond acceptors (Lipinski definition) is 5. The molecule has 1 aromatic carbocycles. The second kappa shape index (κ2) is 6.48. The maximum atomic E-state index is 5.36. The number of aryl methyl sites for hydroxylation is 1. The van der Waals surface area contributed by atoms with Crippen LogP contribution in [0.4, 0.5) is 5.82 Å². The molecule has 0 aliphatic carbocycles. The zero-order valence-corrected chi connectivity index (χ0v) is 13.4. The van der Waals surface area contributed by atoms with Crippen LogP contribution in [0.1, 0.15) is 18.5 Å². The Morgan fingerprint density at radius 2 is 1.96 bits per heavy atom. The van der Waals surface area contributed by atoms with E-state index in [1.807, 2.05) is 55.8 Å². The lowest BCUT2D eigenvalue weighted by molar-refractivity contribution is 0.416. The van der Waals surface area contributed by atoms with Crippen molar-refractivity contribution in [1.82, 2.24) is 20.0 Å². The van der Waals surface area contributed by atoms with Crippen molar-refractivity contribution < 1.29 is 4.74 Å². The van der Waals surface area contributed by atoms with E-state index >= 15 is 0 Å². The van der Waals surface area contributed by atoms with Gasteiger partial charge in [-0.1, -0.05) is 12.1 Å². The Kier molecular flexibility index (Phi) is 4.23. The predicted octanol–water partition coefficient (Wildman–Crippen LogP) is 3.06. The van der Waals surface area contributed by atoms with Gasteiger partial charge in [0.05, 0.1) is 25.0 Å². The molecule has 3 rings (SSSR count). The fraction of sp³-hybridized carbons (Fsp3) is 0.235. The van der Waals surface area contributed by atoms with Gasteiger partial charge in [0.2, 0.25) is 0 Å². The smallest absolute Gasteiger partial charge is 0.149 e. The summed E-state index contributed by atoms with van der Waals surface area (Å²) in [5, 5.41) is 16.1. The first-order chi connectivity index (χ1) is 11.2. The molecule has 1 atom stereocenters. The van der Waals surface area contributed by atoms with Crippen LogP contribution < -0.4 is 10.1 Å². The molecule has 0 bridgehead atoms. The molecule has 2 aromatic heterocycles. The summed E-state index contributed by atoms with van der Waals surface area (Å²) in [7, 11) is 3.55. The van der Waals surface area contributed by atoms with Gasteiger partial charge in [-0.05, 0) is 31.2 Å². The lowest BCUT2D eigenvalue weighted by atomic mass is 10.1. The summed E-state index contributed by atoms with van der Waals surface area (Å²) in [6.07, 6.45) is 3.82. The van der Waals surface area contributed by atoms with Crippen LogP contribution in [0.25, 0.3) is 11.3 Å². The first kappa shape index (κ1) is 15.0. The number of nitrogens with zero attached hydrogens (tertiary/aromatic N) is 4. The topological polar surface area (TPSA) is 64.9 Å². The third kappa shape index (κ3) is 3.31. The molecule has 0 radical (unpaired) electrons. The van der Waals surface area contributed by atoms with E-state index < -0.39 is 0 Å². The minimum Gasteiger partial charge on any atom is -0.496 e. The summed E-state index contributed by atoms with van der Waals surface area (Å²) in [6.45, 7) is 2.06. The maximum Gasteiger partial charge on any atom is 0.149 e. The molecule has 0 aliphatic heterocycles. The van der Waals surface area contributed by atoms with Crippen molar-refractivity contribution in [3.63, 3.8) is 0 Å². The average Bonchev–Trinajstić information content (AvgIpc) is 3.02. The Labute approximate surface area is 135 Å². The van der Waals surface area contributed by atoms with Gasteiger partial charge in [0.1, 0.15) is 11.6 Å². The molecule has 0 saturated carbocycles. The number of aromatic nitrogens is 4. The van der Waals surface area contributed by atoms with Crippen LogP contribution in [0.2, 0.25) is 0 Å². The number of para-hydroxylation sites is 1. The van der Waals surface area contributed by atoms with Crippen LogP contribution >= 0.6 is 0 Å². The number of methoxy groups -OCH3 is 1. The van der Waals surface area contributed by atoms with Crippen molar-refractivity contribution in [2.45, 2.75) is 13.0 Å². The highest BCUT2D eigenvalue weighted by Crippen LogP contribution is 2.28. The molecule has 1 unspecified atom stereocenters. The van der Waals surface area contributed by atoms with E-state index in [2.05, 4.69) is 27.5 Å². The number of anilines is 1. The quantitative estimate of drug-likeness (QED) is 0.784. The maximum absolute atomic E-state index is 5.36. The normalized spacial score (nSPS) is 12.0. The third-order valence-electron chi connectivity index (χ3n) is 3.64. The second-order valence-electron chi connectivity index (χ2n) is 5.32. The molecular formula is C17H19N5O. The summed E-state index contributed by atoms with van der Waals surface area (Å²) < 4.78 is 7.14. The van der Waals surface area contributed by atoms with E-state index in [-0.39, 0.29) is 6.04 Å². The van der Waals surface area contributed by atoms with E-state index in [1.54, 1.807) is 11.8 Å². The van der Waals surface area contributed by atoms with E-state index in [4.69, 9.17) is 4.74 Å². The molecule has 2 heterocycles. The lowest BCUT2D eigenvalue weighted by Crippen LogP contribution is -2.08. The van der Waals surface area contributed by atoms with Crippen molar-refractivity contribution >= 4 is 5.82 Å². The number of hydrogen-bond donors (Lipinski definition) is 1. The zero-order chi connectivity index (χ0) is 16.2. The number of nitrogens with one attached hydrogen (secondary N) is 1. The molecular weight excluding hydrogens is 290 g/mol. The van der Waals surface area contributed by atoms with E-state index in [1.165, 1.54) is 0 Å². The summed E-state index contributed by atoms with van der Waals surface area (Å²) in [4.78, 5) is 0. The van der Waals surface area contributed by atoms with Gasteiger partial charge in [0.25, 0.3) is 0 Å². The van der Waals surface area contributed by atoms with Gasteiger partial charge >= 0.3 is 0 Å². The van der Waals surface area contributed by atoms with Gasteiger partial charge in [-0.2, -0.15) is 5.10 Å². The first-order valence-electron chi connectivity index (χ1n) is 7.39. The molecule has 6 heteroatoms. The van der Waals surface area contributed by atoms with Gasteiger partial charge in [0, 0.05) is 24.4 Å². The van der Waals surface area contributed by atoms with Gasteiger partial charge in [-0.25, -0.2) is 0 Å². The van der Waals surface area contributed by atoms with Crippen molar-refractivity contribution in [2.75, 3.05) is 12.4 Å². The van der Waals surface area contributed by atoms with Gasteiger partial charge in [0.15, 0.2) is 0 Å². The predicted molar refractivity (Wildman–Crippen MR) is 89.3 cm³/mol. The molecule has 0 fully saturated rings. The molecule has 1 N–H and O–H groups in total. The molecule has 0 saturated heterocycles. The standard InChI is InChI=1S/C17H19N5O/c1-12(13-10-18-22(2)11-13)19-17-9-8-15(20-21-17)14-6-4-5-7-16(14)23-3/h4-12H,1-3H3,(H,19,21). The largest absolute Gasteiger partial charge is 0.496 e. The first-order valence-corrected chi connectivity index (χ1v) is 7.39. The number of ether oxygens (including phenoxy) is 1. The molecule has 0 spiro atoms. The van der Waals surface area contributed by atoms with Crippen molar-refractivity contribution in [2.24, 2.45) is 7.05 Å². The van der Waals surface area contributed by atoms with E-state index in [0.29, 0.717) is 0 Å². The van der Waals surface area contributed by atoms with Crippen LogP contribution in [0.5, 0.6) is 5.75 Å². The molecule has 0 aliphatic rings. The highest BCUT2D eigenvalue weighted by atomic mass is 16.5. The monoisotopic (exact) mass is 309 g/mol. The molecule has 23 heavy (non-hydrogen) atoms. The van der Waals surface area contributed by atoms with Crippen LogP contribution in [0, 0.1) is 0 Å². The summed E-state index contributed by atoms with van der Waals surface area (Å²) >= 11 is 0. The van der Waals surface area contributed by atoms with Crippen molar-refractivity contribution in [1.29, 1.82) is 0 Å². The Morgan fingerprint density at radius 3 is 2.61 bits per heavy atom. The average molecular weight is 309 g/mol. The van der Waals surface area contributed by atoms with E-state index in [0.717, 1.165) is 28.4 Å². The summed E-state index contributed by atoms with van der Waals surface area (Å²) in [6, 6.07) is 11.7. The van der Waals surface area contributed by atoms with Crippen LogP contribution in [0.15, 0.2) is 48.8 Å². The lowest BCUT2D eigenvalue weighted by Gasteiger charge is -2.13.